The summed E-state index contributed by atoms with van der Waals surface area (Å²) < 4.78 is 0. The number of carbonyl (C=O) groups is 2. The van der Waals surface area contributed by atoms with E-state index in [1.807, 2.05) is 41.1 Å². The fourth-order valence-corrected chi connectivity index (χ4v) is 2.73. The van der Waals surface area contributed by atoms with Crippen molar-refractivity contribution in [3.05, 3.63) is 35.7 Å². The van der Waals surface area contributed by atoms with Crippen molar-refractivity contribution in [2.75, 3.05) is 30.4 Å². The average Bonchev–Trinajstić information content (AvgIpc) is 2.72. The Morgan fingerprint density at radius 3 is 2.63 bits per heavy atom. The van der Waals surface area contributed by atoms with E-state index in [4.69, 9.17) is 0 Å². The molecule has 0 atom stereocenters. The van der Waals surface area contributed by atoms with Gasteiger partial charge in [-0.05, 0) is 12.1 Å². The van der Waals surface area contributed by atoms with Gasteiger partial charge in [-0.3, -0.25) is 9.59 Å². The molecular formula is C14H15N3O2. The van der Waals surface area contributed by atoms with Gasteiger partial charge in [-0.2, -0.15) is 0 Å². The zero-order chi connectivity index (χ0) is 13.6. The smallest absolute Gasteiger partial charge is 0.258 e. The summed E-state index contributed by atoms with van der Waals surface area (Å²) in [5.41, 5.74) is 2.33. The zero-order valence-corrected chi connectivity index (χ0v) is 10.9. The average molecular weight is 257 g/mol. The second-order valence-electron chi connectivity index (χ2n) is 4.65. The molecule has 5 heteroatoms. The van der Waals surface area contributed by atoms with Crippen LogP contribution in [-0.4, -0.2) is 32.3 Å². The highest BCUT2D eigenvalue weighted by Gasteiger charge is 2.38. The number of hydrogen-bond donors (Lipinski definition) is 1. The van der Waals surface area contributed by atoms with Crippen LogP contribution >= 0.6 is 0 Å². The van der Waals surface area contributed by atoms with Crippen LogP contribution in [-0.2, 0) is 9.59 Å². The molecule has 0 saturated heterocycles. The Hall–Kier alpha value is -2.30. The molecule has 0 unspecified atom stereocenters. The molecule has 2 heterocycles. The second kappa shape index (κ2) is 4.12. The van der Waals surface area contributed by atoms with E-state index in [-0.39, 0.29) is 17.3 Å². The molecule has 0 saturated carbocycles. The first-order chi connectivity index (χ1) is 9.15. The Labute approximate surface area is 111 Å². The number of fused-ring (bicyclic) bond motifs is 3. The van der Waals surface area contributed by atoms with Gasteiger partial charge >= 0.3 is 0 Å². The predicted octanol–water partition coefficient (Wildman–Crippen LogP) is 0.873. The number of benzene rings is 1. The van der Waals surface area contributed by atoms with Crippen LogP contribution in [0.5, 0.6) is 0 Å². The van der Waals surface area contributed by atoms with Gasteiger partial charge < -0.3 is 15.1 Å². The van der Waals surface area contributed by atoms with Crippen LogP contribution in [0.15, 0.2) is 35.7 Å². The van der Waals surface area contributed by atoms with Crippen molar-refractivity contribution in [2.45, 2.75) is 6.42 Å². The topological polar surface area (TPSA) is 52.7 Å². The van der Waals surface area contributed by atoms with Crippen molar-refractivity contribution in [3.63, 3.8) is 0 Å². The molecule has 0 radical (unpaired) electrons. The Morgan fingerprint density at radius 2 is 1.95 bits per heavy atom. The molecular weight excluding hydrogens is 242 g/mol. The molecule has 0 spiro atoms. The molecule has 5 nitrogen and oxygen atoms in total. The van der Waals surface area contributed by atoms with Crippen LogP contribution in [0.1, 0.15) is 6.42 Å². The quantitative estimate of drug-likeness (QED) is 0.759. The molecule has 0 bridgehead atoms. The van der Waals surface area contributed by atoms with Crippen molar-refractivity contribution in [1.82, 2.24) is 5.32 Å². The molecule has 19 heavy (non-hydrogen) atoms. The van der Waals surface area contributed by atoms with Gasteiger partial charge in [0.05, 0.1) is 11.4 Å². The number of rotatable bonds is 1. The lowest BCUT2D eigenvalue weighted by molar-refractivity contribution is -0.122. The molecule has 2 aliphatic rings. The van der Waals surface area contributed by atoms with Crippen LogP contribution < -0.4 is 15.1 Å². The van der Waals surface area contributed by atoms with Crippen molar-refractivity contribution < 1.29 is 9.59 Å². The lowest BCUT2D eigenvalue weighted by Gasteiger charge is -2.29. The van der Waals surface area contributed by atoms with Gasteiger partial charge in [0.1, 0.15) is 11.4 Å². The van der Waals surface area contributed by atoms with E-state index >= 15 is 0 Å². The highest BCUT2D eigenvalue weighted by molar-refractivity contribution is 6.22. The summed E-state index contributed by atoms with van der Waals surface area (Å²) in [4.78, 5) is 28.0. The minimum atomic E-state index is -0.315. The Kier molecular flexibility index (Phi) is 2.55. The summed E-state index contributed by atoms with van der Waals surface area (Å²) in [6.45, 7) is 0.621. The molecule has 1 N–H and O–H groups in total. The number of likely N-dealkylation sites (N-methyl/N-ethyl adjacent to an activating group) is 1. The third-order valence-electron chi connectivity index (χ3n) is 3.63. The van der Waals surface area contributed by atoms with Gasteiger partial charge in [0, 0.05) is 27.1 Å². The number of nitrogens with one attached hydrogen (secondary N) is 1. The standard InChI is InChI=1S/C14H15N3O2/c1-15-13(19)12-11(18)7-8-17-10-6-4-3-5-9(10)16(2)14(12)17/h3-6H,7-8H2,1-2H3,(H,15,19). The van der Waals surface area contributed by atoms with Gasteiger partial charge in [-0.15, -0.1) is 0 Å². The fourth-order valence-electron chi connectivity index (χ4n) is 2.73. The predicted molar refractivity (Wildman–Crippen MR) is 72.9 cm³/mol. The van der Waals surface area contributed by atoms with Gasteiger partial charge in [0.2, 0.25) is 0 Å². The van der Waals surface area contributed by atoms with E-state index in [1.54, 1.807) is 7.05 Å². The van der Waals surface area contributed by atoms with Crippen LogP contribution in [0.2, 0.25) is 0 Å². The molecule has 98 valence electrons. The lowest BCUT2D eigenvalue weighted by Crippen LogP contribution is -2.40. The zero-order valence-electron chi connectivity index (χ0n) is 10.9. The maximum absolute atomic E-state index is 12.1. The Balaban J connectivity index is 2.21. The van der Waals surface area contributed by atoms with Gasteiger partial charge in [-0.1, -0.05) is 12.1 Å². The van der Waals surface area contributed by atoms with Crippen molar-refractivity contribution in [3.8, 4) is 0 Å². The summed E-state index contributed by atoms with van der Waals surface area (Å²) >= 11 is 0. The number of amides is 1. The van der Waals surface area contributed by atoms with E-state index in [1.165, 1.54) is 0 Å². The highest BCUT2D eigenvalue weighted by atomic mass is 16.2. The minimum Gasteiger partial charge on any atom is -0.355 e. The summed E-state index contributed by atoms with van der Waals surface area (Å²) in [7, 11) is 3.43. The van der Waals surface area contributed by atoms with E-state index < -0.39 is 0 Å². The minimum absolute atomic E-state index is 0.0924. The number of para-hydroxylation sites is 2. The van der Waals surface area contributed by atoms with E-state index in [2.05, 4.69) is 5.32 Å². The monoisotopic (exact) mass is 257 g/mol. The number of anilines is 2. The molecule has 1 amide bonds. The highest BCUT2D eigenvalue weighted by Crippen LogP contribution is 2.43. The van der Waals surface area contributed by atoms with Crippen LogP contribution in [0.25, 0.3) is 0 Å². The third-order valence-corrected chi connectivity index (χ3v) is 3.63. The Morgan fingerprint density at radius 1 is 1.26 bits per heavy atom. The SMILES string of the molecule is CNC(=O)C1=C2N(C)c3ccccc3N2CCC1=O. The molecule has 0 aromatic heterocycles. The number of hydrogen-bond acceptors (Lipinski definition) is 4. The lowest BCUT2D eigenvalue weighted by atomic mass is 10.0. The largest absolute Gasteiger partial charge is 0.355 e. The molecule has 2 aliphatic heterocycles. The fraction of sp³-hybridized carbons (Fsp3) is 0.286. The van der Waals surface area contributed by atoms with E-state index in [0.717, 1.165) is 11.4 Å². The van der Waals surface area contributed by atoms with Crippen LogP contribution in [0.4, 0.5) is 11.4 Å². The molecule has 3 rings (SSSR count). The maximum Gasteiger partial charge on any atom is 0.258 e. The maximum atomic E-state index is 12.1. The summed E-state index contributed by atoms with van der Waals surface area (Å²) in [5, 5.41) is 2.55. The van der Waals surface area contributed by atoms with Crippen LogP contribution in [0.3, 0.4) is 0 Å². The summed E-state index contributed by atoms with van der Waals surface area (Å²) in [6, 6.07) is 7.92. The summed E-state index contributed by atoms with van der Waals surface area (Å²) in [6.07, 6.45) is 0.369. The number of ketones is 1. The normalized spacial score (nSPS) is 17.5. The first-order valence-corrected chi connectivity index (χ1v) is 6.25. The van der Waals surface area contributed by atoms with E-state index in [0.29, 0.717) is 18.8 Å². The molecule has 1 aromatic rings. The van der Waals surface area contributed by atoms with Gasteiger partial charge in [0.25, 0.3) is 5.91 Å². The van der Waals surface area contributed by atoms with Crippen molar-refractivity contribution in [2.24, 2.45) is 0 Å². The number of nitrogens with zero attached hydrogens (tertiary/aromatic N) is 2. The first kappa shape index (κ1) is 11.8. The Bertz CT molecular complexity index is 606. The van der Waals surface area contributed by atoms with Gasteiger partial charge in [0.15, 0.2) is 5.78 Å². The number of carbonyl (C=O) groups excluding carboxylic acids is 2. The van der Waals surface area contributed by atoms with Crippen LogP contribution in [0, 0.1) is 0 Å². The number of Topliss-reactive ketones (excluding diaryl/α,β-unsaturated/α-hetero) is 1. The molecule has 0 fully saturated rings. The molecule has 1 aromatic carbocycles. The van der Waals surface area contributed by atoms with E-state index in [9.17, 15) is 9.59 Å². The van der Waals surface area contributed by atoms with Crippen molar-refractivity contribution in [1.29, 1.82) is 0 Å². The third kappa shape index (κ3) is 1.54. The second-order valence-corrected chi connectivity index (χ2v) is 4.65. The molecule has 0 aliphatic carbocycles. The summed E-state index contributed by atoms with van der Waals surface area (Å²) in [5.74, 6) is 0.284. The van der Waals surface area contributed by atoms with Gasteiger partial charge in [-0.25, -0.2) is 0 Å². The first-order valence-electron chi connectivity index (χ1n) is 6.25. The van der Waals surface area contributed by atoms with Crippen molar-refractivity contribution >= 4 is 23.1 Å².